The summed E-state index contributed by atoms with van der Waals surface area (Å²) in [5.74, 6) is -1.00. The Morgan fingerprint density at radius 3 is 0.971 bits per heavy atom. The molecule has 0 saturated carbocycles. The summed E-state index contributed by atoms with van der Waals surface area (Å²) >= 11 is 0. The van der Waals surface area contributed by atoms with Gasteiger partial charge in [0.15, 0.2) is 6.10 Å². The highest BCUT2D eigenvalue weighted by Gasteiger charge is 2.19. The Morgan fingerprint density at radius 1 is 0.304 bits per heavy atom. The van der Waals surface area contributed by atoms with E-state index >= 15 is 0 Å². The highest BCUT2D eigenvalue weighted by atomic mass is 16.6. The fourth-order valence-electron chi connectivity index (χ4n) is 7.75. The Kier molecular flexibility index (Phi) is 53.9. The van der Waals surface area contributed by atoms with Crippen molar-refractivity contribution in [2.75, 3.05) is 13.2 Å². The second kappa shape index (κ2) is 56.9. The second-order valence-corrected chi connectivity index (χ2v) is 18.8. The van der Waals surface area contributed by atoms with Gasteiger partial charge in [-0.1, -0.05) is 234 Å². The highest BCUT2D eigenvalue weighted by Crippen LogP contribution is 2.14. The van der Waals surface area contributed by atoms with Crippen molar-refractivity contribution in [3.8, 4) is 0 Å². The van der Waals surface area contributed by atoms with Crippen LogP contribution in [0.25, 0.3) is 0 Å². The molecule has 0 bridgehead atoms. The maximum Gasteiger partial charge on any atom is 0.306 e. The smallest absolute Gasteiger partial charge is 0.306 e. The van der Waals surface area contributed by atoms with E-state index in [1.807, 2.05) is 6.08 Å². The van der Waals surface area contributed by atoms with Crippen LogP contribution in [0.15, 0.2) is 97.2 Å². The van der Waals surface area contributed by atoms with Crippen LogP contribution in [-0.4, -0.2) is 37.2 Å². The van der Waals surface area contributed by atoms with Gasteiger partial charge in [0.1, 0.15) is 13.2 Å². The summed E-state index contributed by atoms with van der Waals surface area (Å²) in [5.41, 5.74) is 0. The third kappa shape index (κ3) is 55.1. The van der Waals surface area contributed by atoms with E-state index in [1.54, 1.807) is 0 Å². The fourth-order valence-corrected chi connectivity index (χ4v) is 7.75. The standard InChI is InChI=1S/C63H106O6/c1-4-7-10-13-16-19-22-25-28-30-31-33-35-38-41-44-47-50-53-56-62(65)68-59-60(58-67-61(64)55-52-49-46-43-40-37-34-27-24-21-18-15-12-9-6-3)69-63(66)57-54-51-48-45-42-39-36-32-29-26-23-20-17-14-11-8-5-2/h7,10,16,19,25-29,31,33-34,38,41,47,50,60H,4-6,8-9,11-15,17-18,20-24,30,32,35-37,39-40,42-46,48-49,51-59H2,1-3H3/b10-7-,19-16-,28-25-,29-26-,33-31-,34-27-,41-38-,50-47-/t60-/m0/s1. The minimum atomic E-state index is -0.815. The van der Waals surface area contributed by atoms with E-state index < -0.39 is 6.10 Å². The summed E-state index contributed by atoms with van der Waals surface area (Å²) in [7, 11) is 0. The monoisotopic (exact) mass is 959 g/mol. The summed E-state index contributed by atoms with van der Waals surface area (Å²) < 4.78 is 16.8. The molecule has 0 unspecified atom stereocenters. The normalized spacial score (nSPS) is 12.8. The zero-order valence-electron chi connectivity index (χ0n) is 45.0. The lowest BCUT2D eigenvalue weighted by Gasteiger charge is -2.18. The number of rotatable bonds is 51. The molecule has 0 amide bonds. The Morgan fingerprint density at radius 2 is 0.594 bits per heavy atom. The van der Waals surface area contributed by atoms with Crippen LogP contribution in [0.3, 0.4) is 0 Å². The molecular weight excluding hydrogens is 853 g/mol. The van der Waals surface area contributed by atoms with Gasteiger partial charge in [0.25, 0.3) is 0 Å². The van der Waals surface area contributed by atoms with Gasteiger partial charge in [-0.3, -0.25) is 14.4 Å². The number of unbranched alkanes of at least 4 members (excludes halogenated alkanes) is 24. The number of carbonyl (C=O) groups excluding carboxylic acids is 3. The van der Waals surface area contributed by atoms with Crippen molar-refractivity contribution in [3.63, 3.8) is 0 Å². The third-order valence-electron chi connectivity index (χ3n) is 12.1. The van der Waals surface area contributed by atoms with Crippen LogP contribution in [-0.2, 0) is 28.6 Å². The van der Waals surface area contributed by atoms with Gasteiger partial charge in [-0.15, -0.1) is 0 Å². The van der Waals surface area contributed by atoms with E-state index in [-0.39, 0.29) is 37.5 Å². The molecule has 0 radical (unpaired) electrons. The molecule has 0 aromatic rings. The molecule has 0 aromatic carbocycles. The molecule has 1 atom stereocenters. The topological polar surface area (TPSA) is 78.9 Å². The lowest BCUT2D eigenvalue weighted by atomic mass is 10.1. The van der Waals surface area contributed by atoms with Crippen molar-refractivity contribution in [2.24, 2.45) is 0 Å². The van der Waals surface area contributed by atoms with Crippen molar-refractivity contribution >= 4 is 17.9 Å². The van der Waals surface area contributed by atoms with Crippen molar-refractivity contribution in [2.45, 2.75) is 271 Å². The molecule has 69 heavy (non-hydrogen) atoms. The molecule has 0 heterocycles. The Bertz CT molecular complexity index is 1380. The predicted molar refractivity (Wildman–Crippen MR) is 297 cm³/mol. The number of hydrogen-bond acceptors (Lipinski definition) is 6. The number of esters is 3. The number of hydrogen-bond donors (Lipinski definition) is 0. The fraction of sp³-hybridized carbons (Fsp3) is 0.698. The molecule has 394 valence electrons. The maximum absolute atomic E-state index is 12.9. The molecule has 0 N–H and O–H groups in total. The lowest BCUT2D eigenvalue weighted by molar-refractivity contribution is -0.166. The Labute approximate surface area is 426 Å². The minimum absolute atomic E-state index is 0.107. The molecule has 6 heteroatoms. The van der Waals surface area contributed by atoms with Gasteiger partial charge in [-0.2, -0.15) is 0 Å². The quantitative estimate of drug-likeness (QED) is 0.0262. The Balaban J connectivity index is 4.52. The largest absolute Gasteiger partial charge is 0.462 e. The zero-order valence-corrected chi connectivity index (χ0v) is 45.0. The van der Waals surface area contributed by atoms with Gasteiger partial charge in [-0.05, 0) is 109 Å². The van der Waals surface area contributed by atoms with Gasteiger partial charge in [0.05, 0.1) is 0 Å². The molecule has 0 aliphatic rings. The van der Waals surface area contributed by atoms with Gasteiger partial charge in [0, 0.05) is 19.3 Å². The molecular formula is C63H106O6. The second-order valence-electron chi connectivity index (χ2n) is 18.8. The van der Waals surface area contributed by atoms with Gasteiger partial charge < -0.3 is 14.2 Å². The Hall–Kier alpha value is -3.67. The summed E-state index contributed by atoms with van der Waals surface area (Å²) in [5, 5.41) is 0. The molecule has 0 spiro atoms. The van der Waals surface area contributed by atoms with E-state index in [0.29, 0.717) is 19.3 Å². The number of allylic oxidation sites excluding steroid dienone is 16. The molecule has 0 saturated heterocycles. The summed E-state index contributed by atoms with van der Waals surface area (Å²) in [6.07, 6.45) is 75.5. The van der Waals surface area contributed by atoms with E-state index in [1.165, 1.54) is 128 Å². The summed E-state index contributed by atoms with van der Waals surface area (Å²) in [6, 6.07) is 0. The summed E-state index contributed by atoms with van der Waals surface area (Å²) in [4.78, 5) is 38.1. The van der Waals surface area contributed by atoms with Crippen LogP contribution in [0.5, 0.6) is 0 Å². The van der Waals surface area contributed by atoms with Crippen molar-refractivity contribution in [1.29, 1.82) is 0 Å². The van der Waals surface area contributed by atoms with Gasteiger partial charge in [-0.25, -0.2) is 0 Å². The first-order chi connectivity index (χ1) is 34.0. The third-order valence-corrected chi connectivity index (χ3v) is 12.1. The van der Waals surface area contributed by atoms with Crippen LogP contribution in [0, 0.1) is 0 Å². The van der Waals surface area contributed by atoms with E-state index in [4.69, 9.17) is 14.2 Å². The van der Waals surface area contributed by atoms with E-state index in [2.05, 4.69) is 112 Å². The molecule has 6 nitrogen and oxygen atoms in total. The molecule has 0 aliphatic carbocycles. The number of carbonyl (C=O) groups is 3. The van der Waals surface area contributed by atoms with Crippen molar-refractivity contribution < 1.29 is 28.6 Å². The van der Waals surface area contributed by atoms with Crippen molar-refractivity contribution in [3.05, 3.63) is 97.2 Å². The average molecular weight is 960 g/mol. The predicted octanol–water partition coefficient (Wildman–Crippen LogP) is 19.3. The first-order valence-corrected chi connectivity index (χ1v) is 28.7. The number of ether oxygens (including phenoxy) is 3. The van der Waals surface area contributed by atoms with E-state index in [9.17, 15) is 14.4 Å². The maximum atomic E-state index is 12.9. The summed E-state index contributed by atoms with van der Waals surface area (Å²) in [6.45, 7) is 6.45. The van der Waals surface area contributed by atoms with Crippen molar-refractivity contribution in [1.82, 2.24) is 0 Å². The molecule has 0 aromatic heterocycles. The highest BCUT2D eigenvalue weighted by molar-refractivity contribution is 5.71. The van der Waals surface area contributed by atoms with Crippen LogP contribution in [0.1, 0.15) is 265 Å². The lowest BCUT2D eigenvalue weighted by Crippen LogP contribution is -2.30. The van der Waals surface area contributed by atoms with Gasteiger partial charge >= 0.3 is 17.9 Å². The SMILES string of the molecule is CC/C=C\C/C=C\C/C=C\C/C=C\C/C=C\C/C=C\CCC(=O)OC[C@H](COC(=O)CCCCCCC/C=C\CCCCCCCC)OC(=O)CCCCCCCCC/C=C\CCCCCCCC. The molecule has 0 aliphatic heterocycles. The van der Waals surface area contributed by atoms with Crippen LogP contribution in [0.4, 0.5) is 0 Å². The minimum Gasteiger partial charge on any atom is -0.462 e. The van der Waals surface area contributed by atoms with E-state index in [0.717, 1.165) is 89.9 Å². The van der Waals surface area contributed by atoms with Crippen LogP contribution < -0.4 is 0 Å². The average Bonchev–Trinajstić information content (AvgIpc) is 3.35. The van der Waals surface area contributed by atoms with Crippen LogP contribution in [0.2, 0.25) is 0 Å². The molecule has 0 fully saturated rings. The first kappa shape index (κ1) is 65.3. The first-order valence-electron chi connectivity index (χ1n) is 28.7. The molecule has 0 rings (SSSR count). The van der Waals surface area contributed by atoms with Crippen LogP contribution >= 0.6 is 0 Å². The zero-order chi connectivity index (χ0) is 50.0. The van der Waals surface area contributed by atoms with Gasteiger partial charge in [0.2, 0.25) is 0 Å².